The van der Waals surface area contributed by atoms with Crippen molar-refractivity contribution in [2.75, 3.05) is 13.2 Å². The number of carbonyl (C=O) groups is 1. The third kappa shape index (κ3) is 4.53. The van der Waals surface area contributed by atoms with Crippen LogP contribution in [-0.4, -0.2) is 24.7 Å². The van der Waals surface area contributed by atoms with Crippen molar-refractivity contribution in [1.82, 2.24) is 0 Å². The van der Waals surface area contributed by atoms with E-state index in [1.54, 1.807) is 13.8 Å². The van der Waals surface area contributed by atoms with Gasteiger partial charge in [0.1, 0.15) is 11.3 Å². The van der Waals surface area contributed by atoms with Gasteiger partial charge in [0.15, 0.2) is 0 Å². The molecule has 0 amide bonds. The second-order valence-electron chi connectivity index (χ2n) is 5.31. The Labute approximate surface area is 121 Å². The first-order chi connectivity index (χ1) is 9.38. The number of ether oxygens (including phenoxy) is 2. The van der Waals surface area contributed by atoms with Gasteiger partial charge in [0, 0.05) is 0 Å². The maximum Gasteiger partial charge on any atom is 0.325 e. The largest absolute Gasteiger partial charge is 0.493 e. The van der Waals surface area contributed by atoms with Gasteiger partial charge in [0.25, 0.3) is 0 Å². The van der Waals surface area contributed by atoms with Crippen molar-refractivity contribution in [2.24, 2.45) is 5.73 Å². The normalized spacial score (nSPS) is 13.7. The second kappa shape index (κ2) is 7.29. The number of nitrogens with two attached hydrogens (primary N) is 1. The first-order valence-electron chi connectivity index (χ1n) is 7.03. The fourth-order valence-electron chi connectivity index (χ4n) is 2.04. The smallest absolute Gasteiger partial charge is 0.325 e. The van der Waals surface area contributed by atoms with Gasteiger partial charge in [-0.25, -0.2) is 0 Å². The molecular weight excluding hydrogens is 254 g/mol. The Balaban J connectivity index is 2.44. The Kier molecular flexibility index (Phi) is 6.02. The molecule has 4 heteroatoms. The van der Waals surface area contributed by atoms with Crippen molar-refractivity contribution < 1.29 is 14.3 Å². The maximum absolute atomic E-state index is 11.6. The molecule has 20 heavy (non-hydrogen) atoms. The summed E-state index contributed by atoms with van der Waals surface area (Å²) in [7, 11) is 0. The van der Waals surface area contributed by atoms with E-state index < -0.39 is 5.54 Å². The van der Waals surface area contributed by atoms with Crippen LogP contribution in [0.1, 0.15) is 37.8 Å². The van der Waals surface area contributed by atoms with E-state index in [0.717, 1.165) is 16.9 Å². The van der Waals surface area contributed by atoms with Crippen LogP contribution in [0.15, 0.2) is 18.2 Å². The van der Waals surface area contributed by atoms with E-state index in [4.69, 9.17) is 15.2 Å². The molecule has 1 aromatic carbocycles. The van der Waals surface area contributed by atoms with Crippen LogP contribution in [-0.2, 0) is 9.53 Å². The number of carbonyl (C=O) groups excluding carboxylic acids is 1. The molecule has 112 valence electrons. The van der Waals surface area contributed by atoms with E-state index in [2.05, 4.69) is 0 Å². The van der Waals surface area contributed by atoms with Crippen molar-refractivity contribution in [3.05, 3.63) is 29.3 Å². The summed E-state index contributed by atoms with van der Waals surface area (Å²) in [4.78, 5) is 11.6. The van der Waals surface area contributed by atoms with Crippen LogP contribution >= 0.6 is 0 Å². The standard InChI is InChI=1S/C16H25NO3/c1-5-19-15(18)16(4,17)10-7-11-20-14-12(2)8-6-9-13(14)3/h6,8-9H,5,7,10-11,17H2,1-4H3. The second-order valence-corrected chi connectivity index (χ2v) is 5.31. The molecule has 1 aromatic rings. The molecule has 0 radical (unpaired) electrons. The topological polar surface area (TPSA) is 61.5 Å². The molecular formula is C16H25NO3. The van der Waals surface area contributed by atoms with Gasteiger partial charge in [-0.2, -0.15) is 0 Å². The fraction of sp³-hybridized carbons (Fsp3) is 0.562. The van der Waals surface area contributed by atoms with Gasteiger partial charge in [-0.05, 0) is 51.7 Å². The number of hydrogen-bond donors (Lipinski definition) is 1. The van der Waals surface area contributed by atoms with Crippen LogP contribution in [0.4, 0.5) is 0 Å². The summed E-state index contributed by atoms with van der Waals surface area (Å²) in [6.45, 7) is 8.41. The fourth-order valence-corrected chi connectivity index (χ4v) is 2.04. The van der Waals surface area contributed by atoms with E-state index in [9.17, 15) is 4.79 Å². The molecule has 1 rings (SSSR count). The first-order valence-corrected chi connectivity index (χ1v) is 7.03. The molecule has 0 aliphatic heterocycles. The number of esters is 1. The molecule has 2 N–H and O–H groups in total. The zero-order valence-electron chi connectivity index (χ0n) is 12.9. The predicted octanol–water partition coefficient (Wildman–Crippen LogP) is 2.74. The van der Waals surface area contributed by atoms with E-state index in [1.807, 2.05) is 32.0 Å². The third-order valence-corrected chi connectivity index (χ3v) is 3.24. The molecule has 1 unspecified atom stereocenters. The summed E-state index contributed by atoms with van der Waals surface area (Å²) in [6.07, 6.45) is 1.25. The monoisotopic (exact) mass is 279 g/mol. The maximum atomic E-state index is 11.6. The quantitative estimate of drug-likeness (QED) is 0.616. The Hall–Kier alpha value is -1.55. The number of para-hydroxylation sites is 1. The zero-order chi connectivity index (χ0) is 15.2. The third-order valence-electron chi connectivity index (χ3n) is 3.24. The number of aryl methyl sites for hydroxylation is 2. The van der Waals surface area contributed by atoms with E-state index in [0.29, 0.717) is 26.1 Å². The molecule has 0 aliphatic carbocycles. The van der Waals surface area contributed by atoms with Gasteiger partial charge in [0.05, 0.1) is 13.2 Å². The minimum Gasteiger partial charge on any atom is -0.493 e. The minimum absolute atomic E-state index is 0.352. The Morgan fingerprint density at radius 3 is 2.45 bits per heavy atom. The average molecular weight is 279 g/mol. The summed E-state index contributed by atoms with van der Waals surface area (Å²) in [5.41, 5.74) is 7.24. The molecule has 0 bridgehead atoms. The highest BCUT2D eigenvalue weighted by Gasteiger charge is 2.29. The van der Waals surface area contributed by atoms with Crippen LogP contribution in [0.3, 0.4) is 0 Å². The van der Waals surface area contributed by atoms with Crippen LogP contribution in [0.2, 0.25) is 0 Å². The molecule has 0 saturated carbocycles. The van der Waals surface area contributed by atoms with Gasteiger partial charge < -0.3 is 15.2 Å². The number of rotatable bonds is 7. The van der Waals surface area contributed by atoms with Crippen LogP contribution in [0, 0.1) is 13.8 Å². The Bertz CT molecular complexity index is 435. The van der Waals surface area contributed by atoms with Crippen molar-refractivity contribution in [3.63, 3.8) is 0 Å². The van der Waals surface area contributed by atoms with Gasteiger partial charge in [0.2, 0.25) is 0 Å². The van der Waals surface area contributed by atoms with E-state index in [1.165, 1.54) is 0 Å². The highest BCUT2D eigenvalue weighted by atomic mass is 16.5. The molecule has 0 heterocycles. The van der Waals surface area contributed by atoms with Crippen LogP contribution in [0.25, 0.3) is 0 Å². The summed E-state index contributed by atoms with van der Waals surface area (Å²) in [5.74, 6) is 0.564. The highest BCUT2D eigenvalue weighted by molar-refractivity contribution is 5.79. The number of benzene rings is 1. The predicted molar refractivity (Wildman–Crippen MR) is 79.9 cm³/mol. The molecule has 0 aliphatic rings. The van der Waals surface area contributed by atoms with Crippen molar-refractivity contribution in [1.29, 1.82) is 0 Å². The molecule has 0 fully saturated rings. The Morgan fingerprint density at radius 2 is 1.90 bits per heavy atom. The van der Waals surface area contributed by atoms with Crippen molar-refractivity contribution in [3.8, 4) is 5.75 Å². The molecule has 0 saturated heterocycles. The summed E-state index contributed by atoms with van der Waals surface area (Å²) in [5, 5.41) is 0. The summed E-state index contributed by atoms with van der Waals surface area (Å²) in [6, 6.07) is 6.05. The molecule has 1 atom stereocenters. The minimum atomic E-state index is -0.944. The average Bonchev–Trinajstić information content (AvgIpc) is 2.37. The van der Waals surface area contributed by atoms with Crippen molar-refractivity contribution in [2.45, 2.75) is 46.1 Å². The molecule has 0 spiro atoms. The van der Waals surface area contributed by atoms with Crippen LogP contribution in [0.5, 0.6) is 5.75 Å². The Morgan fingerprint density at radius 1 is 1.30 bits per heavy atom. The van der Waals surface area contributed by atoms with E-state index in [-0.39, 0.29) is 5.97 Å². The van der Waals surface area contributed by atoms with E-state index >= 15 is 0 Å². The van der Waals surface area contributed by atoms with Gasteiger partial charge >= 0.3 is 5.97 Å². The molecule has 4 nitrogen and oxygen atoms in total. The highest BCUT2D eigenvalue weighted by Crippen LogP contribution is 2.23. The van der Waals surface area contributed by atoms with Gasteiger partial charge in [-0.1, -0.05) is 18.2 Å². The SMILES string of the molecule is CCOC(=O)C(C)(N)CCCOc1c(C)cccc1C. The summed E-state index contributed by atoms with van der Waals surface area (Å²) >= 11 is 0. The van der Waals surface area contributed by atoms with Crippen molar-refractivity contribution >= 4 is 5.97 Å². The lowest BCUT2D eigenvalue weighted by molar-refractivity contribution is -0.149. The first kappa shape index (κ1) is 16.5. The number of hydrogen-bond acceptors (Lipinski definition) is 4. The zero-order valence-corrected chi connectivity index (χ0v) is 12.9. The van der Waals surface area contributed by atoms with Crippen LogP contribution < -0.4 is 10.5 Å². The van der Waals surface area contributed by atoms with Gasteiger partial charge in [-0.3, -0.25) is 4.79 Å². The lowest BCUT2D eigenvalue weighted by atomic mass is 9.98. The van der Waals surface area contributed by atoms with Gasteiger partial charge in [-0.15, -0.1) is 0 Å². The lowest BCUT2D eigenvalue weighted by Gasteiger charge is -2.22. The lowest BCUT2D eigenvalue weighted by Crippen LogP contribution is -2.46. The molecule has 0 aromatic heterocycles. The summed E-state index contributed by atoms with van der Waals surface area (Å²) < 4.78 is 10.8.